The Hall–Kier alpha value is -0.390. The van der Waals surface area contributed by atoms with Gasteiger partial charge in [0, 0.05) is 0 Å². The van der Waals surface area contributed by atoms with Gasteiger partial charge in [-0.3, -0.25) is 9.59 Å². The third kappa shape index (κ3) is 1570. The van der Waals surface area contributed by atoms with Gasteiger partial charge in [-0.1, -0.05) is 0 Å². The van der Waals surface area contributed by atoms with Crippen molar-refractivity contribution in [3.63, 3.8) is 0 Å². The van der Waals surface area contributed by atoms with E-state index in [-0.39, 0.29) is 43.9 Å². The number of carbonyl (C=O) groups is 3. The Kier molecular flexibility index (Phi) is 334. The standard InChI is InChI=1S/2CH2O2.CH2O.Na.H/c2*2-1-3;1-2;;/h2*1H,(H,2,3);1H2;;/q;;;+1;-1. The zero-order valence-corrected chi connectivity index (χ0v) is 6.98. The molecule has 0 saturated carbocycles. The summed E-state index contributed by atoms with van der Waals surface area (Å²) in [5, 5.41) is 13.8. The zero-order valence-electron chi connectivity index (χ0n) is 5.98. The van der Waals surface area contributed by atoms with E-state index in [9.17, 15) is 0 Å². The maximum Gasteiger partial charge on any atom is 1.00 e. The van der Waals surface area contributed by atoms with Crippen LogP contribution in [0.2, 0.25) is 0 Å². The van der Waals surface area contributed by atoms with E-state index in [1.807, 2.05) is 6.79 Å². The molecule has 0 aliphatic rings. The summed E-state index contributed by atoms with van der Waals surface area (Å²) in [6.07, 6.45) is 0. The van der Waals surface area contributed by atoms with Crippen LogP contribution in [0.4, 0.5) is 0 Å². The third-order valence-corrected chi connectivity index (χ3v) is 0. The number of hydrogen-bond donors (Lipinski definition) is 2. The monoisotopic (exact) mass is 146 g/mol. The van der Waals surface area contributed by atoms with E-state index in [4.69, 9.17) is 24.6 Å². The molecule has 0 aliphatic heterocycles. The predicted molar refractivity (Wildman–Crippen MR) is 25.6 cm³/mol. The van der Waals surface area contributed by atoms with E-state index in [1.54, 1.807) is 0 Å². The summed E-state index contributed by atoms with van der Waals surface area (Å²) in [4.78, 5) is 24.7. The Labute approximate surface area is 75.5 Å². The second-order valence-corrected chi connectivity index (χ2v) is 0.211. The van der Waals surface area contributed by atoms with Crippen LogP contribution in [0, 0.1) is 0 Å². The molecule has 0 fully saturated rings. The molecule has 0 bridgehead atoms. The average Bonchev–Trinajstić information content (AvgIpc) is 1.75. The molecule has 2 N–H and O–H groups in total. The van der Waals surface area contributed by atoms with Gasteiger partial charge in [-0.25, -0.2) is 0 Å². The molecule has 0 radical (unpaired) electrons. The Morgan fingerprint density at radius 3 is 1.11 bits per heavy atom. The molecule has 5 nitrogen and oxygen atoms in total. The minimum atomic E-state index is -0.250. The molecule has 6 heteroatoms. The summed E-state index contributed by atoms with van der Waals surface area (Å²) in [6.45, 7) is 1.50. The van der Waals surface area contributed by atoms with Crippen LogP contribution >= 0.6 is 0 Å². The molecule has 0 rings (SSSR count). The summed E-state index contributed by atoms with van der Waals surface area (Å²) < 4.78 is 0. The van der Waals surface area contributed by atoms with Crippen LogP contribution in [0.25, 0.3) is 0 Å². The Balaban J connectivity index is -0.0000000116. The molecule has 0 saturated heterocycles. The first kappa shape index (κ1) is 23.5. The van der Waals surface area contributed by atoms with Crippen molar-refractivity contribution in [1.82, 2.24) is 0 Å². The second-order valence-electron chi connectivity index (χ2n) is 0.211. The quantitative estimate of drug-likeness (QED) is 0.271. The van der Waals surface area contributed by atoms with Gasteiger partial charge >= 0.3 is 29.6 Å². The summed E-state index contributed by atoms with van der Waals surface area (Å²) in [6, 6.07) is 0. The van der Waals surface area contributed by atoms with Crippen LogP contribution in [0.5, 0.6) is 0 Å². The van der Waals surface area contributed by atoms with E-state index < -0.39 is 0 Å². The van der Waals surface area contributed by atoms with Gasteiger partial charge < -0.3 is 16.4 Å². The van der Waals surface area contributed by atoms with Crippen LogP contribution in [-0.4, -0.2) is 29.9 Å². The molecule has 0 spiro atoms. The molecule has 0 atom stereocenters. The Morgan fingerprint density at radius 2 is 1.11 bits per heavy atom. The number of carbonyl (C=O) groups excluding carboxylic acids is 1. The molecule has 0 aromatic rings. The number of rotatable bonds is 0. The van der Waals surface area contributed by atoms with Gasteiger partial charge in [-0.05, 0) is 0 Å². The van der Waals surface area contributed by atoms with Crippen molar-refractivity contribution in [2.45, 2.75) is 0 Å². The molecule has 0 aliphatic carbocycles. The van der Waals surface area contributed by atoms with E-state index in [0.29, 0.717) is 0 Å². The van der Waals surface area contributed by atoms with E-state index in [2.05, 4.69) is 0 Å². The molecule has 0 aromatic heterocycles. The van der Waals surface area contributed by atoms with Crippen molar-refractivity contribution in [3.05, 3.63) is 0 Å². The van der Waals surface area contributed by atoms with Crippen LogP contribution in [-0.2, 0) is 14.4 Å². The second kappa shape index (κ2) is 128. The molecule has 50 valence electrons. The Morgan fingerprint density at radius 1 is 1.11 bits per heavy atom. The first-order chi connectivity index (χ1) is 3.83. The van der Waals surface area contributed by atoms with Crippen molar-refractivity contribution in [3.8, 4) is 0 Å². The van der Waals surface area contributed by atoms with E-state index in [1.165, 1.54) is 0 Å². The van der Waals surface area contributed by atoms with Gasteiger partial charge in [0.25, 0.3) is 12.9 Å². The van der Waals surface area contributed by atoms with Crippen molar-refractivity contribution in [1.29, 1.82) is 0 Å². The molecule has 9 heavy (non-hydrogen) atoms. The van der Waals surface area contributed by atoms with Gasteiger partial charge in [0.15, 0.2) is 0 Å². The van der Waals surface area contributed by atoms with Crippen molar-refractivity contribution < 1.29 is 55.6 Å². The van der Waals surface area contributed by atoms with E-state index >= 15 is 0 Å². The van der Waals surface area contributed by atoms with Crippen molar-refractivity contribution >= 4 is 19.7 Å². The minimum absolute atomic E-state index is 0. The smallest absolute Gasteiger partial charge is 1.00 e. The van der Waals surface area contributed by atoms with Crippen molar-refractivity contribution in [2.75, 3.05) is 0 Å². The number of carboxylic acid groups (broad SMARTS) is 2. The third-order valence-electron chi connectivity index (χ3n) is 0. The predicted octanol–water partition coefficient (Wildman–Crippen LogP) is -3.67. The fraction of sp³-hybridized carbons (Fsp3) is 0. The first-order valence-corrected chi connectivity index (χ1v) is 1.28. The molecule has 0 aromatic carbocycles. The molecular weight excluding hydrogens is 139 g/mol. The molecular formula is C3H7NaO5. The van der Waals surface area contributed by atoms with Gasteiger partial charge in [0.1, 0.15) is 6.79 Å². The zero-order chi connectivity index (χ0) is 7.41. The summed E-state index contributed by atoms with van der Waals surface area (Å²) in [5.74, 6) is 0. The van der Waals surface area contributed by atoms with Gasteiger partial charge in [0.05, 0.1) is 0 Å². The van der Waals surface area contributed by atoms with Gasteiger partial charge in [-0.2, -0.15) is 0 Å². The summed E-state index contributed by atoms with van der Waals surface area (Å²) >= 11 is 0. The van der Waals surface area contributed by atoms with Crippen LogP contribution < -0.4 is 29.6 Å². The number of hydrogen-bond acceptors (Lipinski definition) is 3. The molecule has 0 amide bonds. The molecule has 0 heterocycles. The normalized spacial score (nSPS) is 3.11. The topological polar surface area (TPSA) is 91.7 Å². The van der Waals surface area contributed by atoms with Crippen LogP contribution in [0.1, 0.15) is 1.43 Å². The van der Waals surface area contributed by atoms with Crippen LogP contribution in [0.3, 0.4) is 0 Å². The van der Waals surface area contributed by atoms with Crippen LogP contribution in [0.15, 0.2) is 0 Å². The fourth-order valence-corrected chi connectivity index (χ4v) is 0. The van der Waals surface area contributed by atoms with Gasteiger partial charge in [-0.15, -0.1) is 0 Å². The molecule has 0 unspecified atom stereocenters. The van der Waals surface area contributed by atoms with Gasteiger partial charge in [0.2, 0.25) is 0 Å². The SMILES string of the molecule is C=O.O=CO.O=CO.[H-].[Na+]. The average molecular weight is 146 g/mol. The largest absolute Gasteiger partial charge is 1.00 e. The fourth-order valence-electron chi connectivity index (χ4n) is 0. The van der Waals surface area contributed by atoms with Crippen molar-refractivity contribution in [2.24, 2.45) is 0 Å². The minimum Gasteiger partial charge on any atom is -1.00 e. The maximum atomic E-state index is 8.36. The Bertz CT molecular complexity index is 46.2. The summed E-state index contributed by atoms with van der Waals surface area (Å²) in [7, 11) is 0. The first-order valence-electron chi connectivity index (χ1n) is 1.28. The maximum absolute atomic E-state index is 8.36. The summed E-state index contributed by atoms with van der Waals surface area (Å²) in [5.41, 5.74) is 0. The van der Waals surface area contributed by atoms with E-state index in [0.717, 1.165) is 0 Å².